The smallest absolute Gasteiger partial charge is 0.220 e. The van der Waals surface area contributed by atoms with Crippen LogP contribution in [0.25, 0.3) is 0 Å². The average molecular weight is 405 g/mol. The Hall–Kier alpha value is -2.32. The molecular weight excluding hydrogens is 380 g/mol. The summed E-state index contributed by atoms with van der Waals surface area (Å²) in [6.45, 7) is 6.22. The van der Waals surface area contributed by atoms with Crippen LogP contribution in [-0.2, 0) is 14.3 Å². The standard InChI is InChI=1S/C21H25F2N3O3/c1-12(27)24-20-6-17(11-29-21(20)18-5-16(22)3-4-19(18)23)26-9-14-7-25(13(2)28)8-15(14)10-26/h3-5,17,20-21H,6-11H2,1-2H3,(H,24,27). The molecule has 0 spiro atoms. The molecule has 3 aliphatic rings. The molecule has 3 aliphatic heterocycles. The first-order valence-corrected chi connectivity index (χ1v) is 9.84. The molecule has 2 amide bonds. The summed E-state index contributed by atoms with van der Waals surface area (Å²) < 4.78 is 34.0. The number of benzene rings is 1. The molecule has 6 nitrogen and oxygen atoms in total. The van der Waals surface area contributed by atoms with Crippen molar-refractivity contribution in [3.05, 3.63) is 46.5 Å². The summed E-state index contributed by atoms with van der Waals surface area (Å²) in [6, 6.07) is 2.89. The number of carbonyl (C=O) groups is 2. The first-order chi connectivity index (χ1) is 13.8. The lowest BCUT2D eigenvalue weighted by molar-refractivity contribution is -0.127. The first-order valence-electron chi connectivity index (χ1n) is 9.84. The lowest BCUT2D eigenvalue weighted by Crippen LogP contribution is -2.52. The molecule has 1 aromatic carbocycles. The minimum absolute atomic E-state index is 0.0519. The summed E-state index contributed by atoms with van der Waals surface area (Å²) in [6.07, 6.45) is -0.154. The van der Waals surface area contributed by atoms with Crippen molar-refractivity contribution in [1.82, 2.24) is 15.1 Å². The van der Waals surface area contributed by atoms with E-state index in [1.165, 1.54) is 18.1 Å². The average Bonchev–Trinajstić information content (AvgIpc) is 3.23. The SMILES string of the molecule is CC(=O)NC1CC(N2CC3=C(CN(C(C)=O)C3)C2)COC1c1cc(F)ccc1F. The third-order valence-corrected chi connectivity index (χ3v) is 6.03. The molecule has 1 N–H and O–H groups in total. The highest BCUT2D eigenvalue weighted by atomic mass is 19.1. The molecule has 3 heterocycles. The molecule has 4 rings (SSSR count). The molecule has 0 aromatic heterocycles. The zero-order valence-electron chi connectivity index (χ0n) is 16.6. The number of hydrogen-bond donors (Lipinski definition) is 1. The van der Waals surface area contributed by atoms with Crippen LogP contribution in [0.1, 0.15) is 31.9 Å². The van der Waals surface area contributed by atoms with Crippen LogP contribution in [0.15, 0.2) is 29.3 Å². The maximum atomic E-state index is 14.3. The summed E-state index contributed by atoms with van der Waals surface area (Å²) in [7, 11) is 0. The highest BCUT2D eigenvalue weighted by molar-refractivity contribution is 5.75. The number of ether oxygens (including phenoxy) is 1. The molecule has 3 atom stereocenters. The van der Waals surface area contributed by atoms with Gasteiger partial charge < -0.3 is 15.0 Å². The normalized spacial score (nSPS) is 27.3. The van der Waals surface area contributed by atoms with Gasteiger partial charge in [-0.2, -0.15) is 0 Å². The van der Waals surface area contributed by atoms with E-state index < -0.39 is 23.8 Å². The Labute approximate surface area is 168 Å². The van der Waals surface area contributed by atoms with Gasteiger partial charge in [-0.15, -0.1) is 0 Å². The monoisotopic (exact) mass is 405 g/mol. The number of halogens is 2. The van der Waals surface area contributed by atoms with Crippen LogP contribution in [0.2, 0.25) is 0 Å². The Morgan fingerprint density at radius 1 is 1.10 bits per heavy atom. The number of nitrogens with one attached hydrogen (secondary N) is 1. The second kappa shape index (κ2) is 7.84. The maximum Gasteiger partial charge on any atom is 0.220 e. The summed E-state index contributed by atoms with van der Waals surface area (Å²) in [5.74, 6) is -1.24. The lowest BCUT2D eigenvalue weighted by Gasteiger charge is -2.41. The third-order valence-electron chi connectivity index (χ3n) is 6.03. The number of carbonyl (C=O) groups excluding carboxylic acids is 2. The lowest BCUT2D eigenvalue weighted by atomic mass is 9.92. The van der Waals surface area contributed by atoms with Gasteiger partial charge >= 0.3 is 0 Å². The van der Waals surface area contributed by atoms with Crippen LogP contribution in [0.5, 0.6) is 0 Å². The second-order valence-corrected chi connectivity index (χ2v) is 8.10. The molecule has 0 bridgehead atoms. The molecule has 0 aliphatic carbocycles. The fraction of sp³-hybridized carbons (Fsp3) is 0.524. The van der Waals surface area contributed by atoms with Gasteiger partial charge in [0.25, 0.3) is 0 Å². The third kappa shape index (κ3) is 4.04. The van der Waals surface area contributed by atoms with Crippen LogP contribution in [0.3, 0.4) is 0 Å². The van der Waals surface area contributed by atoms with E-state index in [4.69, 9.17) is 4.74 Å². The van der Waals surface area contributed by atoms with Gasteiger partial charge in [0, 0.05) is 51.6 Å². The fourth-order valence-electron chi connectivity index (χ4n) is 4.60. The van der Waals surface area contributed by atoms with Gasteiger partial charge in [-0.25, -0.2) is 8.78 Å². The van der Waals surface area contributed by atoms with Crippen molar-refractivity contribution in [3.8, 4) is 0 Å². The summed E-state index contributed by atoms with van der Waals surface area (Å²) in [4.78, 5) is 27.5. The van der Waals surface area contributed by atoms with Gasteiger partial charge in [0.1, 0.15) is 17.7 Å². The molecule has 3 unspecified atom stereocenters. The molecule has 156 valence electrons. The number of amides is 2. The van der Waals surface area contributed by atoms with Gasteiger partial charge in [0.2, 0.25) is 11.8 Å². The van der Waals surface area contributed by atoms with Gasteiger partial charge in [0.15, 0.2) is 0 Å². The van der Waals surface area contributed by atoms with E-state index in [2.05, 4.69) is 10.2 Å². The van der Waals surface area contributed by atoms with Gasteiger partial charge in [0.05, 0.1) is 12.6 Å². The van der Waals surface area contributed by atoms with Crippen molar-refractivity contribution < 1.29 is 23.1 Å². The Kier molecular flexibility index (Phi) is 5.40. The highest BCUT2D eigenvalue weighted by Crippen LogP contribution is 2.35. The molecule has 0 radical (unpaired) electrons. The van der Waals surface area contributed by atoms with Crippen molar-refractivity contribution in [2.75, 3.05) is 32.8 Å². The van der Waals surface area contributed by atoms with E-state index in [-0.39, 0.29) is 23.4 Å². The molecule has 1 aromatic rings. The van der Waals surface area contributed by atoms with Gasteiger partial charge in [-0.05, 0) is 35.8 Å². The zero-order valence-corrected chi connectivity index (χ0v) is 16.6. The summed E-state index contributed by atoms with van der Waals surface area (Å²) in [5, 5.41) is 2.86. The van der Waals surface area contributed by atoms with E-state index in [1.54, 1.807) is 6.92 Å². The van der Waals surface area contributed by atoms with Crippen molar-refractivity contribution in [2.45, 2.75) is 38.5 Å². The van der Waals surface area contributed by atoms with Crippen molar-refractivity contribution in [1.29, 1.82) is 0 Å². The van der Waals surface area contributed by atoms with Gasteiger partial charge in [-0.3, -0.25) is 14.5 Å². The van der Waals surface area contributed by atoms with Crippen LogP contribution in [0, 0.1) is 11.6 Å². The van der Waals surface area contributed by atoms with E-state index >= 15 is 0 Å². The summed E-state index contributed by atoms with van der Waals surface area (Å²) in [5.41, 5.74) is 2.67. The maximum absolute atomic E-state index is 14.3. The zero-order chi connectivity index (χ0) is 20.7. The highest BCUT2D eigenvalue weighted by Gasteiger charge is 2.40. The Bertz CT molecular complexity index is 855. The molecular formula is C21H25F2N3O3. The molecule has 1 saturated heterocycles. The molecule has 29 heavy (non-hydrogen) atoms. The predicted molar refractivity (Wildman–Crippen MR) is 102 cm³/mol. The largest absolute Gasteiger partial charge is 0.370 e. The minimum Gasteiger partial charge on any atom is -0.370 e. The molecule has 1 fully saturated rings. The Morgan fingerprint density at radius 3 is 2.41 bits per heavy atom. The number of hydrogen-bond acceptors (Lipinski definition) is 4. The Balaban J connectivity index is 1.46. The minimum atomic E-state index is -0.735. The van der Waals surface area contributed by atoms with Crippen molar-refractivity contribution >= 4 is 11.8 Å². The molecule has 0 saturated carbocycles. The van der Waals surface area contributed by atoms with Crippen LogP contribution in [0.4, 0.5) is 8.78 Å². The van der Waals surface area contributed by atoms with Crippen molar-refractivity contribution in [3.63, 3.8) is 0 Å². The number of nitrogens with zero attached hydrogens (tertiary/aromatic N) is 2. The topological polar surface area (TPSA) is 61.9 Å². The fourth-order valence-corrected chi connectivity index (χ4v) is 4.60. The summed E-state index contributed by atoms with van der Waals surface area (Å²) >= 11 is 0. The quantitative estimate of drug-likeness (QED) is 0.779. The van der Waals surface area contributed by atoms with Gasteiger partial charge in [-0.1, -0.05) is 0 Å². The van der Waals surface area contributed by atoms with Crippen LogP contribution < -0.4 is 5.32 Å². The van der Waals surface area contributed by atoms with Crippen molar-refractivity contribution in [2.24, 2.45) is 0 Å². The van der Waals surface area contributed by atoms with E-state index in [1.807, 2.05) is 4.90 Å². The molecule has 8 heteroatoms. The van der Waals surface area contributed by atoms with E-state index in [0.717, 1.165) is 31.3 Å². The second-order valence-electron chi connectivity index (χ2n) is 8.10. The van der Waals surface area contributed by atoms with Crippen LogP contribution >= 0.6 is 0 Å². The van der Waals surface area contributed by atoms with E-state index in [0.29, 0.717) is 26.1 Å². The predicted octanol–water partition coefficient (Wildman–Crippen LogP) is 1.77. The first kappa shape index (κ1) is 20.0. The van der Waals surface area contributed by atoms with Crippen LogP contribution in [-0.4, -0.2) is 66.5 Å². The Morgan fingerprint density at radius 2 is 1.79 bits per heavy atom. The number of rotatable bonds is 3. The van der Waals surface area contributed by atoms with E-state index in [9.17, 15) is 18.4 Å².